The van der Waals surface area contributed by atoms with E-state index >= 15 is 0 Å². The van der Waals surface area contributed by atoms with Crippen molar-refractivity contribution in [2.75, 3.05) is 0 Å². The van der Waals surface area contributed by atoms with Crippen LogP contribution in [0.2, 0.25) is 0 Å². The molecule has 1 aliphatic rings. The third kappa shape index (κ3) is 1.56. The number of amides is 1. The number of nitrogens with zero attached hydrogens (tertiary/aromatic N) is 1. The van der Waals surface area contributed by atoms with Crippen molar-refractivity contribution in [1.82, 2.24) is 0 Å². The molecule has 0 aromatic rings. The summed E-state index contributed by atoms with van der Waals surface area (Å²) in [4.78, 5) is 14.0. The maximum atomic E-state index is 10.7. The van der Waals surface area contributed by atoms with E-state index in [1.54, 1.807) is 0 Å². The largest absolute Gasteiger partial charge is 0.862 e. The Balaban J connectivity index is 2.80. The zero-order valence-corrected chi connectivity index (χ0v) is 6.18. The van der Waals surface area contributed by atoms with Crippen LogP contribution in [0.5, 0.6) is 0 Å². The summed E-state index contributed by atoms with van der Waals surface area (Å²) in [6.45, 7) is 3.80. The fourth-order valence-electron chi connectivity index (χ4n) is 1.10. The minimum Gasteiger partial charge on any atom is -0.862 e. The highest BCUT2D eigenvalue weighted by Gasteiger charge is 2.24. The van der Waals surface area contributed by atoms with Crippen LogP contribution in [0.4, 0.5) is 0 Å². The number of rotatable bonds is 0. The van der Waals surface area contributed by atoms with Gasteiger partial charge >= 0.3 is 0 Å². The van der Waals surface area contributed by atoms with Crippen molar-refractivity contribution in [3.05, 3.63) is 0 Å². The summed E-state index contributed by atoms with van der Waals surface area (Å²) < 4.78 is 0. The molecule has 0 N–H and O–H groups in total. The Kier molecular flexibility index (Phi) is 1.50. The van der Waals surface area contributed by atoms with E-state index in [1.807, 2.05) is 13.8 Å². The highest BCUT2D eigenvalue weighted by molar-refractivity contribution is 5.92. The molecule has 0 radical (unpaired) electrons. The fourth-order valence-corrected chi connectivity index (χ4v) is 1.10. The Hall–Kier alpha value is -0.860. The lowest BCUT2D eigenvalue weighted by molar-refractivity contribution is -0.222. The van der Waals surface area contributed by atoms with E-state index in [4.69, 9.17) is 0 Å². The molecule has 10 heavy (non-hydrogen) atoms. The predicted octanol–water partition coefficient (Wildman–Crippen LogP) is 0.0918. The van der Waals surface area contributed by atoms with Gasteiger partial charge in [0, 0.05) is 6.42 Å². The molecule has 56 valence electrons. The van der Waals surface area contributed by atoms with Crippen LogP contribution in [-0.2, 0) is 4.79 Å². The van der Waals surface area contributed by atoms with Crippen LogP contribution in [0.3, 0.4) is 0 Å². The number of carbonyl (C=O) groups excluding carboxylic acids is 1. The van der Waals surface area contributed by atoms with Crippen LogP contribution in [-0.4, -0.2) is 11.8 Å². The normalized spacial score (nSPS) is 24.2. The molecule has 0 unspecified atom stereocenters. The lowest BCUT2D eigenvalue weighted by Gasteiger charge is -2.29. The molecular formula is C7H10NO2-. The number of carbonyl (C=O) groups is 1. The van der Waals surface area contributed by atoms with Crippen molar-refractivity contribution >= 4 is 11.8 Å². The van der Waals surface area contributed by atoms with Crippen LogP contribution < -0.4 is 5.11 Å². The van der Waals surface area contributed by atoms with Gasteiger partial charge in [-0.3, -0.25) is 4.79 Å². The molecule has 0 spiro atoms. The zero-order chi connectivity index (χ0) is 7.78. The van der Waals surface area contributed by atoms with E-state index < -0.39 is 0 Å². The topological polar surface area (TPSA) is 52.5 Å². The molecule has 0 fully saturated rings. The van der Waals surface area contributed by atoms with Crippen molar-refractivity contribution in [3.63, 3.8) is 0 Å². The quantitative estimate of drug-likeness (QED) is 0.479. The van der Waals surface area contributed by atoms with E-state index in [0.717, 1.165) is 0 Å². The monoisotopic (exact) mass is 140 g/mol. The van der Waals surface area contributed by atoms with E-state index in [2.05, 4.69) is 4.99 Å². The van der Waals surface area contributed by atoms with Gasteiger partial charge in [0.2, 0.25) is 5.91 Å². The minimum absolute atomic E-state index is 0.171. The Morgan fingerprint density at radius 3 is 2.50 bits per heavy atom. The van der Waals surface area contributed by atoms with Gasteiger partial charge in [-0.1, -0.05) is 13.8 Å². The van der Waals surface area contributed by atoms with Crippen LogP contribution in [0.15, 0.2) is 4.99 Å². The highest BCUT2D eigenvalue weighted by Crippen LogP contribution is 2.28. The molecule has 1 amide bonds. The highest BCUT2D eigenvalue weighted by atomic mass is 16.3. The summed E-state index contributed by atoms with van der Waals surface area (Å²) in [6, 6.07) is 0. The first-order chi connectivity index (χ1) is 4.49. The molecule has 3 nitrogen and oxygen atoms in total. The van der Waals surface area contributed by atoms with E-state index in [0.29, 0.717) is 12.8 Å². The molecule has 0 aromatic heterocycles. The van der Waals surface area contributed by atoms with Gasteiger partial charge in [-0.05, 0) is 17.7 Å². The number of hydrogen-bond donors (Lipinski definition) is 0. The Morgan fingerprint density at radius 2 is 2.10 bits per heavy atom. The molecule has 0 aromatic carbocycles. The van der Waals surface area contributed by atoms with Crippen molar-refractivity contribution < 1.29 is 9.90 Å². The summed E-state index contributed by atoms with van der Waals surface area (Å²) in [5.41, 5.74) is -0.171. The molecule has 1 heterocycles. The molecule has 0 atom stereocenters. The standard InChI is InChI=1S/C7H11NO2/c1-7(2)3-5(9)8-6(10)4-7/h3-4H2,1-2H3,(H,8,9,10)/p-1. The molecule has 0 saturated heterocycles. The Labute approximate surface area is 59.8 Å². The van der Waals surface area contributed by atoms with Crippen LogP contribution in [0.25, 0.3) is 0 Å². The molecular weight excluding hydrogens is 130 g/mol. The summed E-state index contributed by atoms with van der Waals surface area (Å²) in [5.74, 6) is -0.553. The first-order valence-electron chi connectivity index (χ1n) is 3.27. The Bertz CT molecular complexity index is 194. The summed E-state index contributed by atoms with van der Waals surface area (Å²) in [5, 5.41) is 10.7. The second-order valence-corrected chi connectivity index (χ2v) is 3.42. The van der Waals surface area contributed by atoms with Crippen molar-refractivity contribution in [1.29, 1.82) is 0 Å². The average Bonchev–Trinajstić information content (AvgIpc) is 1.54. The van der Waals surface area contributed by atoms with Crippen LogP contribution in [0.1, 0.15) is 26.7 Å². The first kappa shape index (κ1) is 7.25. The van der Waals surface area contributed by atoms with Gasteiger partial charge < -0.3 is 5.11 Å². The fraction of sp³-hybridized carbons (Fsp3) is 0.714. The second kappa shape index (κ2) is 2.08. The summed E-state index contributed by atoms with van der Waals surface area (Å²) in [6.07, 6.45) is 0.803. The van der Waals surface area contributed by atoms with Crippen LogP contribution >= 0.6 is 0 Å². The van der Waals surface area contributed by atoms with E-state index in [9.17, 15) is 9.90 Å². The smallest absolute Gasteiger partial charge is 0.245 e. The van der Waals surface area contributed by atoms with Crippen molar-refractivity contribution in [3.8, 4) is 0 Å². The maximum absolute atomic E-state index is 10.7. The second-order valence-electron chi connectivity index (χ2n) is 3.42. The summed E-state index contributed by atoms with van der Waals surface area (Å²) >= 11 is 0. The van der Waals surface area contributed by atoms with Gasteiger partial charge in [0.05, 0.1) is 0 Å². The molecule has 0 saturated carbocycles. The minimum atomic E-state index is -0.277. The van der Waals surface area contributed by atoms with Gasteiger partial charge in [0.1, 0.15) is 0 Å². The van der Waals surface area contributed by atoms with Crippen molar-refractivity contribution in [2.24, 2.45) is 10.4 Å². The summed E-state index contributed by atoms with van der Waals surface area (Å²) in [7, 11) is 0. The molecule has 0 aliphatic carbocycles. The van der Waals surface area contributed by atoms with Crippen molar-refractivity contribution in [2.45, 2.75) is 26.7 Å². The first-order valence-corrected chi connectivity index (χ1v) is 3.27. The van der Waals surface area contributed by atoms with Gasteiger partial charge in [-0.25, -0.2) is 4.99 Å². The Morgan fingerprint density at radius 1 is 1.50 bits per heavy atom. The van der Waals surface area contributed by atoms with E-state index in [-0.39, 0.29) is 17.2 Å². The SMILES string of the molecule is CC1(C)CC(=O)N=C([O-])C1. The third-order valence-corrected chi connectivity index (χ3v) is 1.51. The average molecular weight is 140 g/mol. The third-order valence-electron chi connectivity index (χ3n) is 1.51. The zero-order valence-electron chi connectivity index (χ0n) is 6.18. The molecule has 1 aliphatic heterocycles. The molecule has 0 bridgehead atoms. The number of hydrogen-bond acceptors (Lipinski definition) is 2. The van der Waals surface area contributed by atoms with Gasteiger partial charge in [0.15, 0.2) is 0 Å². The lowest BCUT2D eigenvalue weighted by atomic mass is 9.84. The lowest BCUT2D eigenvalue weighted by Crippen LogP contribution is -2.33. The molecule has 3 heteroatoms. The number of aliphatic imine (C=N–C) groups is 1. The molecule has 1 rings (SSSR count). The van der Waals surface area contributed by atoms with E-state index in [1.165, 1.54) is 0 Å². The predicted molar refractivity (Wildman–Crippen MR) is 35.5 cm³/mol. The maximum Gasteiger partial charge on any atom is 0.245 e. The van der Waals surface area contributed by atoms with Crippen LogP contribution in [0, 0.1) is 5.41 Å². The van der Waals surface area contributed by atoms with Gasteiger partial charge in [-0.15, -0.1) is 0 Å². The van der Waals surface area contributed by atoms with Gasteiger partial charge in [-0.2, -0.15) is 0 Å². The van der Waals surface area contributed by atoms with Gasteiger partial charge in [0.25, 0.3) is 0 Å².